The average molecular weight is 407 g/mol. The zero-order valence-corrected chi connectivity index (χ0v) is 17.4. The van der Waals surface area contributed by atoms with Crippen LogP contribution >= 0.6 is 0 Å². The topological polar surface area (TPSA) is 80.7 Å². The van der Waals surface area contributed by atoms with Crippen LogP contribution in [-0.2, 0) is 28.9 Å². The maximum Gasteiger partial charge on any atom is 0.340 e. The van der Waals surface area contributed by atoms with Crippen molar-refractivity contribution >= 4 is 33.6 Å². The monoisotopic (exact) mass is 407 g/mol. The molecule has 0 spiro atoms. The Kier molecular flexibility index (Phi) is 4.53. The highest BCUT2D eigenvalue weighted by molar-refractivity contribution is 6.00. The van der Waals surface area contributed by atoms with Gasteiger partial charge in [0, 0.05) is 54.3 Å². The fourth-order valence-corrected chi connectivity index (χ4v) is 4.89. The average Bonchev–Trinajstić information content (AvgIpc) is 3.12. The van der Waals surface area contributed by atoms with Crippen LogP contribution in [0.15, 0.2) is 19.7 Å². The molecule has 6 heteroatoms. The lowest BCUT2D eigenvalue weighted by Crippen LogP contribution is -2.40. The minimum atomic E-state index is -0.472. The Labute approximate surface area is 173 Å². The predicted molar refractivity (Wildman–Crippen MR) is 113 cm³/mol. The number of likely N-dealkylation sites (tertiary alicyclic amines) is 1. The SMILES string of the molecule is Cc1c(CC(=O)N2CCC(=O)CC2)c(=O)oc2c(C)c3oc4c(c3cc12)CCCC4. The Morgan fingerprint density at radius 3 is 2.40 bits per heavy atom. The Morgan fingerprint density at radius 2 is 1.63 bits per heavy atom. The summed E-state index contributed by atoms with van der Waals surface area (Å²) in [7, 11) is 0. The molecule has 0 unspecified atom stereocenters. The molecular weight excluding hydrogens is 382 g/mol. The van der Waals surface area contributed by atoms with Gasteiger partial charge in [-0.3, -0.25) is 9.59 Å². The molecule has 156 valence electrons. The lowest BCUT2D eigenvalue weighted by Gasteiger charge is -2.26. The van der Waals surface area contributed by atoms with E-state index < -0.39 is 5.63 Å². The van der Waals surface area contributed by atoms with Crippen LogP contribution in [0.3, 0.4) is 0 Å². The molecule has 1 aliphatic carbocycles. The summed E-state index contributed by atoms with van der Waals surface area (Å²) in [5, 5.41) is 1.96. The molecule has 0 radical (unpaired) electrons. The molecule has 1 fully saturated rings. The molecule has 0 N–H and O–H groups in total. The summed E-state index contributed by atoms with van der Waals surface area (Å²) in [5.74, 6) is 1.10. The quantitative estimate of drug-likeness (QED) is 0.604. The molecule has 30 heavy (non-hydrogen) atoms. The molecule has 2 aliphatic rings. The molecule has 0 saturated carbocycles. The van der Waals surface area contributed by atoms with Gasteiger partial charge in [0.05, 0.1) is 12.0 Å². The summed E-state index contributed by atoms with van der Waals surface area (Å²) in [6.07, 6.45) is 5.01. The molecule has 3 heterocycles. The second-order valence-corrected chi connectivity index (χ2v) is 8.56. The zero-order chi connectivity index (χ0) is 21.0. The first-order valence-electron chi connectivity index (χ1n) is 10.7. The van der Waals surface area contributed by atoms with E-state index in [9.17, 15) is 14.4 Å². The van der Waals surface area contributed by atoms with Gasteiger partial charge in [-0.1, -0.05) is 0 Å². The Balaban J connectivity index is 1.60. The smallest absolute Gasteiger partial charge is 0.340 e. The van der Waals surface area contributed by atoms with Crippen molar-refractivity contribution in [2.24, 2.45) is 0 Å². The van der Waals surface area contributed by atoms with Crippen LogP contribution in [0.4, 0.5) is 0 Å². The second kappa shape index (κ2) is 7.11. The molecule has 1 aliphatic heterocycles. The van der Waals surface area contributed by atoms with Crippen molar-refractivity contribution < 1.29 is 18.4 Å². The van der Waals surface area contributed by atoms with E-state index in [-0.39, 0.29) is 18.1 Å². The number of piperidine rings is 1. The van der Waals surface area contributed by atoms with Crippen molar-refractivity contribution in [2.45, 2.75) is 58.8 Å². The van der Waals surface area contributed by atoms with Crippen LogP contribution in [0.5, 0.6) is 0 Å². The highest BCUT2D eigenvalue weighted by atomic mass is 16.4. The molecule has 1 amide bonds. The number of carbonyl (C=O) groups excluding carboxylic acids is 2. The van der Waals surface area contributed by atoms with Crippen molar-refractivity contribution in [3.8, 4) is 0 Å². The van der Waals surface area contributed by atoms with E-state index >= 15 is 0 Å². The van der Waals surface area contributed by atoms with Gasteiger partial charge in [0.2, 0.25) is 5.91 Å². The number of Topliss-reactive ketones (excluding diaryl/α,β-unsaturated/α-hetero) is 1. The number of rotatable bonds is 2. The third kappa shape index (κ3) is 2.97. The Morgan fingerprint density at radius 1 is 0.933 bits per heavy atom. The van der Waals surface area contributed by atoms with Crippen molar-refractivity contribution in [1.29, 1.82) is 0 Å². The maximum absolute atomic E-state index is 12.8. The number of nitrogens with zero attached hydrogens (tertiary/aromatic N) is 1. The van der Waals surface area contributed by atoms with E-state index in [1.165, 1.54) is 5.56 Å². The van der Waals surface area contributed by atoms with Gasteiger partial charge in [-0.25, -0.2) is 4.79 Å². The van der Waals surface area contributed by atoms with Gasteiger partial charge in [0.25, 0.3) is 0 Å². The second-order valence-electron chi connectivity index (χ2n) is 8.56. The predicted octanol–water partition coefficient (Wildman–Crippen LogP) is 3.77. The fraction of sp³-hybridized carbons (Fsp3) is 0.458. The van der Waals surface area contributed by atoms with Gasteiger partial charge < -0.3 is 13.7 Å². The number of benzene rings is 1. The van der Waals surface area contributed by atoms with Gasteiger partial charge in [-0.15, -0.1) is 0 Å². The molecule has 2 aromatic heterocycles. The summed E-state index contributed by atoms with van der Waals surface area (Å²) >= 11 is 0. The summed E-state index contributed by atoms with van der Waals surface area (Å²) in [6, 6.07) is 2.07. The van der Waals surface area contributed by atoms with Crippen molar-refractivity contribution in [3.05, 3.63) is 44.5 Å². The molecular formula is C24H25NO5. The van der Waals surface area contributed by atoms with E-state index in [1.807, 2.05) is 13.8 Å². The van der Waals surface area contributed by atoms with Crippen LogP contribution in [0.2, 0.25) is 0 Å². The third-order valence-corrected chi connectivity index (χ3v) is 6.73. The van der Waals surface area contributed by atoms with Crippen molar-refractivity contribution in [2.75, 3.05) is 13.1 Å². The largest absolute Gasteiger partial charge is 0.460 e. The lowest BCUT2D eigenvalue weighted by molar-refractivity contribution is -0.133. The number of furan rings is 1. The number of hydrogen-bond donors (Lipinski definition) is 0. The molecule has 1 aromatic carbocycles. The van der Waals surface area contributed by atoms with Crippen LogP contribution in [0.1, 0.15) is 53.7 Å². The molecule has 0 atom stereocenters. The Hall–Kier alpha value is -2.89. The van der Waals surface area contributed by atoms with Gasteiger partial charge in [0.1, 0.15) is 22.7 Å². The normalized spacial score (nSPS) is 17.0. The first-order valence-corrected chi connectivity index (χ1v) is 10.7. The minimum absolute atomic E-state index is 0.00112. The number of aryl methyl sites for hydroxylation is 4. The van der Waals surface area contributed by atoms with Crippen molar-refractivity contribution in [3.63, 3.8) is 0 Å². The van der Waals surface area contributed by atoms with E-state index in [1.54, 1.807) is 4.90 Å². The lowest BCUT2D eigenvalue weighted by atomic mass is 9.93. The van der Waals surface area contributed by atoms with Crippen LogP contribution in [0.25, 0.3) is 21.9 Å². The zero-order valence-electron chi connectivity index (χ0n) is 17.4. The van der Waals surface area contributed by atoms with Gasteiger partial charge >= 0.3 is 5.63 Å². The summed E-state index contributed by atoms with van der Waals surface area (Å²) < 4.78 is 11.9. The van der Waals surface area contributed by atoms with E-state index in [2.05, 4.69) is 6.07 Å². The summed E-state index contributed by atoms with van der Waals surface area (Å²) in [5.41, 5.74) is 4.17. The van der Waals surface area contributed by atoms with Crippen LogP contribution in [0, 0.1) is 13.8 Å². The first-order chi connectivity index (χ1) is 14.4. The highest BCUT2D eigenvalue weighted by Crippen LogP contribution is 2.37. The van der Waals surface area contributed by atoms with E-state index in [0.717, 1.165) is 58.9 Å². The number of ketones is 1. The van der Waals surface area contributed by atoms with Crippen LogP contribution < -0.4 is 5.63 Å². The molecule has 6 nitrogen and oxygen atoms in total. The van der Waals surface area contributed by atoms with Crippen molar-refractivity contribution in [1.82, 2.24) is 4.90 Å². The highest BCUT2D eigenvalue weighted by Gasteiger charge is 2.25. The maximum atomic E-state index is 12.8. The Bertz CT molecular complexity index is 1250. The summed E-state index contributed by atoms with van der Waals surface area (Å²) in [4.78, 5) is 38.7. The number of hydrogen-bond acceptors (Lipinski definition) is 5. The molecule has 1 saturated heterocycles. The third-order valence-electron chi connectivity index (χ3n) is 6.73. The molecule has 5 rings (SSSR count). The van der Waals surface area contributed by atoms with Gasteiger partial charge in [-0.05, 0) is 44.7 Å². The molecule has 3 aromatic rings. The number of fused-ring (bicyclic) bond motifs is 4. The number of carbonyl (C=O) groups is 2. The van der Waals surface area contributed by atoms with Gasteiger partial charge in [0.15, 0.2) is 0 Å². The van der Waals surface area contributed by atoms with Gasteiger partial charge in [-0.2, -0.15) is 0 Å². The minimum Gasteiger partial charge on any atom is -0.460 e. The molecule has 0 bridgehead atoms. The van der Waals surface area contributed by atoms with E-state index in [4.69, 9.17) is 8.83 Å². The fourth-order valence-electron chi connectivity index (χ4n) is 4.89. The van der Waals surface area contributed by atoms with Crippen LogP contribution in [-0.4, -0.2) is 29.7 Å². The van der Waals surface area contributed by atoms with E-state index in [0.29, 0.717) is 37.1 Å². The number of amides is 1. The first kappa shape index (κ1) is 19.1. The standard InChI is InChI=1S/C24H25NO5/c1-13-17-11-19-16-5-3-4-6-20(16)29-23(19)14(2)22(17)30-24(28)18(13)12-21(27)25-9-7-15(26)8-10-25/h11H,3-10,12H2,1-2H3. The summed E-state index contributed by atoms with van der Waals surface area (Å²) in [6.45, 7) is 4.67.